The van der Waals surface area contributed by atoms with Crippen LogP contribution < -0.4 is 10.6 Å². The van der Waals surface area contributed by atoms with Crippen molar-refractivity contribution in [3.63, 3.8) is 0 Å². The first-order valence-corrected chi connectivity index (χ1v) is 9.78. The maximum Gasteiger partial charge on any atom is 0.242 e. The van der Waals surface area contributed by atoms with Gasteiger partial charge in [-0.05, 0) is 45.4 Å². The number of carbonyl (C=O) groups is 2. The van der Waals surface area contributed by atoms with E-state index >= 15 is 0 Å². The highest BCUT2D eigenvalue weighted by atomic mass is 32.2. The van der Waals surface area contributed by atoms with E-state index in [1.165, 1.54) is 17.0 Å². The van der Waals surface area contributed by atoms with Gasteiger partial charge in [0.1, 0.15) is 0 Å². The zero-order valence-corrected chi connectivity index (χ0v) is 16.5. The van der Waals surface area contributed by atoms with Crippen molar-refractivity contribution in [1.29, 1.82) is 0 Å². The molecule has 0 atom stereocenters. The molecule has 0 aliphatic heterocycles. The van der Waals surface area contributed by atoms with Gasteiger partial charge in [-0.3, -0.25) is 9.59 Å². The predicted octanol–water partition coefficient (Wildman–Crippen LogP) is 1.18. The zero-order chi connectivity index (χ0) is 19.4. The molecule has 2 amide bonds. The highest BCUT2D eigenvalue weighted by Gasteiger charge is 2.18. The van der Waals surface area contributed by atoms with Gasteiger partial charge in [-0.25, -0.2) is 8.42 Å². The number of carbonyl (C=O) groups excluding carboxylic acids is 2. The number of rotatable bonds is 6. The van der Waals surface area contributed by atoms with Gasteiger partial charge in [-0.15, -0.1) is 0 Å². The third-order valence-corrected chi connectivity index (χ3v) is 4.50. The molecule has 0 bridgehead atoms. The van der Waals surface area contributed by atoms with Gasteiger partial charge in [0, 0.05) is 24.5 Å². The van der Waals surface area contributed by atoms with Gasteiger partial charge in [0.2, 0.25) is 11.8 Å². The quantitative estimate of drug-likeness (QED) is 0.785. The number of likely N-dealkylation sites (N-methyl/N-ethyl adjacent to an activating group) is 1. The average Bonchev–Trinajstić information content (AvgIpc) is 2.42. The van der Waals surface area contributed by atoms with E-state index in [1.807, 2.05) is 27.7 Å². The summed E-state index contributed by atoms with van der Waals surface area (Å²) in [4.78, 5) is 25.5. The van der Waals surface area contributed by atoms with Crippen molar-refractivity contribution in [3.8, 4) is 0 Å². The number of sulfone groups is 1. The maximum absolute atomic E-state index is 12.2. The molecular weight excluding hydrogens is 342 g/mol. The Kier molecular flexibility index (Phi) is 6.59. The minimum absolute atomic E-state index is 0.0344. The Hall–Kier alpha value is -2.09. The molecule has 0 aromatic heterocycles. The first kappa shape index (κ1) is 21.0. The third kappa shape index (κ3) is 7.13. The summed E-state index contributed by atoms with van der Waals surface area (Å²) in [6.07, 6.45) is 1.13. The molecule has 0 fully saturated rings. The van der Waals surface area contributed by atoms with E-state index in [4.69, 9.17) is 0 Å². The Labute approximate surface area is 149 Å². The molecule has 2 N–H and O–H groups in total. The van der Waals surface area contributed by atoms with Gasteiger partial charge < -0.3 is 15.5 Å². The summed E-state index contributed by atoms with van der Waals surface area (Å²) in [6, 6.07) is 4.72. The monoisotopic (exact) mass is 369 g/mol. The number of hydrogen-bond acceptors (Lipinski definition) is 5. The Morgan fingerprint density at radius 3 is 2.32 bits per heavy atom. The van der Waals surface area contributed by atoms with Crippen LogP contribution >= 0.6 is 0 Å². The fourth-order valence-electron chi connectivity index (χ4n) is 2.09. The van der Waals surface area contributed by atoms with Crippen molar-refractivity contribution in [3.05, 3.63) is 23.8 Å². The van der Waals surface area contributed by atoms with E-state index in [1.54, 1.807) is 13.1 Å². The van der Waals surface area contributed by atoms with Crippen molar-refractivity contribution in [1.82, 2.24) is 10.2 Å². The third-order valence-electron chi connectivity index (χ3n) is 3.39. The fourth-order valence-corrected chi connectivity index (χ4v) is 2.74. The van der Waals surface area contributed by atoms with E-state index < -0.39 is 9.84 Å². The SMILES string of the molecule is Cc1ccc(S(C)(=O)=O)cc1NCC(=O)N(C)CC(=O)NC(C)(C)C. The molecule has 0 radical (unpaired) electrons. The summed E-state index contributed by atoms with van der Waals surface area (Å²) in [5.74, 6) is -0.508. The van der Waals surface area contributed by atoms with Crippen LogP contribution in [0.3, 0.4) is 0 Å². The lowest BCUT2D eigenvalue weighted by Gasteiger charge is -2.23. The van der Waals surface area contributed by atoms with Gasteiger partial charge in [0.25, 0.3) is 0 Å². The molecule has 0 saturated carbocycles. The second-order valence-corrected chi connectivity index (χ2v) is 9.17. The van der Waals surface area contributed by atoms with Crippen molar-refractivity contribution >= 4 is 27.3 Å². The Morgan fingerprint density at radius 1 is 1.20 bits per heavy atom. The summed E-state index contributed by atoms with van der Waals surface area (Å²) in [7, 11) is -1.77. The maximum atomic E-state index is 12.2. The van der Waals surface area contributed by atoms with Crippen LogP contribution in [0.5, 0.6) is 0 Å². The van der Waals surface area contributed by atoms with E-state index in [0.29, 0.717) is 5.69 Å². The lowest BCUT2D eigenvalue weighted by atomic mass is 10.1. The molecule has 0 aliphatic carbocycles. The standard InChI is InChI=1S/C17H27N3O4S/c1-12-7-8-13(25(6,23)24)9-14(12)18-10-16(22)20(5)11-15(21)19-17(2,3)4/h7-9,18H,10-11H2,1-6H3,(H,19,21). The number of nitrogens with one attached hydrogen (secondary N) is 2. The fraction of sp³-hybridized carbons (Fsp3) is 0.529. The van der Waals surface area contributed by atoms with Crippen LogP contribution in [0.15, 0.2) is 23.1 Å². The molecular formula is C17H27N3O4S. The topological polar surface area (TPSA) is 95.6 Å². The van der Waals surface area contributed by atoms with Crippen LogP contribution in [0, 0.1) is 6.92 Å². The summed E-state index contributed by atoms with van der Waals surface area (Å²) >= 11 is 0. The number of anilines is 1. The minimum Gasteiger partial charge on any atom is -0.376 e. The molecule has 0 saturated heterocycles. The lowest BCUT2D eigenvalue weighted by Crippen LogP contribution is -2.47. The smallest absolute Gasteiger partial charge is 0.242 e. The van der Waals surface area contributed by atoms with Crippen molar-refractivity contribution in [2.24, 2.45) is 0 Å². The normalized spacial score (nSPS) is 11.8. The number of aryl methyl sites for hydroxylation is 1. The summed E-state index contributed by atoms with van der Waals surface area (Å²) in [5.41, 5.74) is 1.04. The van der Waals surface area contributed by atoms with Crippen LogP contribution in [-0.4, -0.2) is 57.1 Å². The first-order chi connectivity index (χ1) is 11.3. The Morgan fingerprint density at radius 2 is 1.80 bits per heavy atom. The summed E-state index contributed by atoms with van der Waals surface area (Å²) in [5, 5.41) is 5.73. The van der Waals surface area contributed by atoms with Crippen molar-refractivity contribution in [2.45, 2.75) is 38.1 Å². The highest BCUT2D eigenvalue weighted by molar-refractivity contribution is 7.90. The van der Waals surface area contributed by atoms with Crippen LogP contribution in [0.2, 0.25) is 0 Å². The summed E-state index contributed by atoms with van der Waals surface area (Å²) < 4.78 is 23.3. The van der Waals surface area contributed by atoms with E-state index in [-0.39, 0.29) is 35.3 Å². The highest BCUT2D eigenvalue weighted by Crippen LogP contribution is 2.20. The molecule has 1 aromatic rings. The van der Waals surface area contributed by atoms with E-state index in [9.17, 15) is 18.0 Å². The Bertz CT molecular complexity index is 752. The average molecular weight is 369 g/mol. The summed E-state index contributed by atoms with van der Waals surface area (Å²) in [6.45, 7) is 7.34. The van der Waals surface area contributed by atoms with E-state index in [0.717, 1.165) is 11.8 Å². The Balaban J connectivity index is 2.69. The molecule has 0 unspecified atom stereocenters. The zero-order valence-electron chi connectivity index (χ0n) is 15.6. The molecule has 140 valence electrons. The molecule has 0 heterocycles. The number of hydrogen-bond donors (Lipinski definition) is 2. The molecule has 8 heteroatoms. The van der Waals surface area contributed by atoms with Crippen LogP contribution in [0.25, 0.3) is 0 Å². The number of benzene rings is 1. The predicted molar refractivity (Wildman–Crippen MR) is 98.3 cm³/mol. The molecule has 1 aromatic carbocycles. The van der Waals surface area contributed by atoms with Gasteiger partial charge in [-0.2, -0.15) is 0 Å². The minimum atomic E-state index is -3.32. The largest absolute Gasteiger partial charge is 0.376 e. The van der Waals surface area contributed by atoms with Crippen LogP contribution in [-0.2, 0) is 19.4 Å². The molecule has 0 aliphatic rings. The van der Waals surface area contributed by atoms with Gasteiger partial charge in [0.05, 0.1) is 18.0 Å². The van der Waals surface area contributed by atoms with Gasteiger partial charge in [0.15, 0.2) is 9.84 Å². The number of nitrogens with zero attached hydrogens (tertiary/aromatic N) is 1. The van der Waals surface area contributed by atoms with Crippen LogP contribution in [0.1, 0.15) is 26.3 Å². The molecule has 7 nitrogen and oxygen atoms in total. The van der Waals surface area contributed by atoms with E-state index in [2.05, 4.69) is 10.6 Å². The second-order valence-electron chi connectivity index (χ2n) is 7.15. The van der Waals surface area contributed by atoms with Crippen molar-refractivity contribution in [2.75, 3.05) is 31.7 Å². The molecule has 1 rings (SSSR count). The van der Waals surface area contributed by atoms with Crippen molar-refractivity contribution < 1.29 is 18.0 Å². The first-order valence-electron chi connectivity index (χ1n) is 7.89. The van der Waals surface area contributed by atoms with Crippen LogP contribution in [0.4, 0.5) is 5.69 Å². The lowest BCUT2D eigenvalue weighted by molar-refractivity contribution is -0.133. The number of amides is 2. The molecule has 0 spiro atoms. The van der Waals surface area contributed by atoms with Gasteiger partial charge >= 0.3 is 0 Å². The second kappa shape index (κ2) is 7.86. The molecule has 25 heavy (non-hydrogen) atoms. The van der Waals surface area contributed by atoms with Gasteiger partial charge in [-0.1, -0.05) is 6.07 Å².